The SMILES string of the molecule is CCc1c2c(c(N)c(N)c1OCOC)OC(NC)CC2. The summed E-state index contributed by atoms with van der Waals surface area (Å²) in [6, 6.07) is 0. The molecule has 6 nitrogen and oxygen atoms in total. The molecule has 1 aromatic rings. The van der Waals surface area contributed by atoms with E-state index in [0.29, 0.717) is 22.9 Å². The molecule has 0 amide bonds. The molecular weight excluding hydrogens is 258 g/mol. The predicted octanol–water partition coefficient (Wildman–Crippen LogP) is 1.27. The van der Waals surface area contributed by atoms with Crippen molar-refractivity contribution in [2.75, 3.05) is 32.4 Å². The fourth-order valence-electron chi connectivity index (χ4n) is 2.58. The molecule has 1 aromatic carbocycles. The smallest absolute Gasteiger partial charge is 0.188 e. The summed E-state index contributed by atoms with van der Waals surface area (Å²) in [5.41, 5.74) is 15.2. The summed E-state index contributed by atoms with van der Waals surface area (Å²) >= 11 is 0. The quantitative estimate of drug-likeness (QED) is 0.556. The zero-order chi connectivity index (χ0) is 14.7. The summed E-state index contributed by atoms with van der Waals surface area (Å²) in [4.78, 5) is 0. The fourth-order valence-corrected chi connectivity index (χ4v) is 2.58. The third-order valence-corrected chi connectivity index (χ3v) is 3.61. The van der Waals surface area contributed by atoms with Gasteiger partial charge in [-0.2, -0.15) is 0 Å². The number of nitrogen functional groups attached to an aromatic ring is 2. The van der Waals surface area contributed by atoms with Crippen LogP contribution in [0.4, 0.5) is 11.4 Å². The van der Waals surface area contributed by atoms with Gasteiger partial charge in [-0.1, -0.05) is 6.92 Å². The lowest BCUT2D eigenvalue weighted by Crippen LogP contribution is -2.35. The Morgan fingerprint density at radius 2 is 2.10 bits per heavy atom. The highest BCUT2D eigenvalue weighted by molar-refractivity contribution is 5.81. The van der Waals surface area contributed by atoms with Crippen LogP contribution >= 0.6 is 0 Å². The molecule has 112 valence electrons. The highest BCUT2D eigenvalue weighted by Gasteiger charge is 2.28. The second-order valence-electron chi connectivity index (χ2n) is 4.78. The van der Waals surface area contributed by atoms with E-state index in [9.17, 15) is 0 Å². The summed E-state index contributed by atoms with van der Waals surface area (Å²) in [6.45, 7) is 2.21. The Morgan fingerprint density at radius 1 is 1.35 bits per heavy atom. The first-order valence-corrected chi connectivity index (χ1v) is 6.82. The number of benzene rings is 1. The van der Waals surface area contributed by atoms with E-state index >= 15 is 0 Å². The van der Waals surface area contributed by atoms with Crippen LogP contribution in [0.3, 0.4) is 0 Å². The van der Waals surface area contributed by atoms with Crippen LogP contribution in [0.2, 0.25) is 0 Å². The van der Waals surface area contributed by atoms with Gasteiger partial charge in [-0.15, -0.1) is 0 Å². The Balaban J connectivity index is 2.50. The van der Waals surface area contributed by atoms with E-state index in [4.69, 9.17) is 25.7 Å². The number of methoxy groups -OCH3 is 1. The summed E-state index contributed by atoms with van der Waals surface area (Å²) in [6.07, 6.45) is 2.56. The summed E-state index contributed by atoms with van der Waals surface area (Å²) < 4.78 is 16.5. The van der Waals surface area contributed by atoms with Crippen LogP contribution in [0.5, 0.6) is 11.5 Å². The van der Waals surface area contributed by atoms with Gasteiger partial charge in [0, 0.05) is 24.7 Å². The average Bonchev–Trinajstić information content (AvgIpc) is 2.49. The number of hydrogen-bond acceptors (Lipinski definition) is 6. The lowest BCUT2D eigenvalue weighted by atomic mass is 9.94. The molecule has 0 radical (unpaired) electrons. The first-order valence-electron chi connectivity index (χ1n) is 6.82. The number of fused-ring (bicyclic) bond motifs is 1. The van der Waals surface area contributed by atoms with Crippen molar-refractivity contribution < 1.29 is 14.2 Å². The van der Waals surface area contributed by atoms with Crippen LogP contribution in [-0.2, 0) is 17.6 Å². The van der Waals surface area contributed by atoms with Gasteiger partial charge in [-0.25, -0.2) is 0 Å². The molecule has 1 aliphatic heterocycles. The van der Waals surface area contributed by atoms with E-state index < -0.39 is 0 Å². The topological polar surface area (TPSA) is 91.8 Å². The molecule has 0 aliphatic carbocycles. The molecule has 2 rings (SSSR count). The van der Waals surface area contributed by atoms with Crippen LogP contribution in [0.15, 0.2) is 0 Å². The Kier molecular flexibility index (Phi) is 4.57. The Morgan fingerprint density at radius 3 is 2.70 bits per heavy atom. The lowest BCUT2D eigenvalue weighted by Gasteiger charge is -2.30. The highest BCUT2D eigenvalue weighted by Crippen LogP contribution is 2.46. The van der Waals surface area contributed by atoms with E-state index in [2.05, 4.69) is 12.2 Å². The number of anilines is 2. The lowest BCUT2D eigenvalue weighted by molar-refractivity contribution is 0.0507. The van der Waals surface area contributed by atoms with Crippen LogP contribution in [0.1, 0.15) is 24.5 Å². The first-order chi connectivity index (χ1) is 9.63. The van der Waals surface area contributed by atoms with Crippen molar-refractivity contribution in [2.24, 2.45) is 0 Å². The fraction of sp³-hybridized carbons (Fsp3) is 0.571. The maximum atomic E-state index is 6.12. The third kappa shape index (κ3) is 2.48. The van der Waals surface area contributed by atoms with Gasteiger partial charge < -0.3 is 25.7 Å². The van der Waals surface area contributed by atoms with Crippen LogP contribution < -0.4 is 26.3 Å². The highest BCUT2D eigenvalue weighted by atomic mass is 16.7. The van der Waals surface area contributed by atoms with Gasteiger partial charge in [0.05, 0.1) is 0 Å². The maximum absolute atomic E-state index is 6.12. The standard InChI is InChI=1S/C14H23N3O3/c1-4-8-9-5-6-10(17-2)20-14(9)12(16)11(15)13(8)19-7-18-3/h10,17H,4-7,15-16H2,1-3H3. The van der Waals surface area contributed by atoms with Crippen LogP contribution in [0, 0.1) is 0 Å². The number of nitrogens with two attached hydrogens (primary N) is 2. The van der Waals surface area contributed by atoms with Crippen molar-refractivity contribution in [3.05, 3.63) is 11.1 Å². The largest absolute Gasteiger partial charge is 0.473 e. The van der Waals surface area contributed by atoms with Gasteiger partial charge in [0.25, 0.3) is 0 Å². The van der Waals surface area contributed by atoms with E-state index in [1.165, 1.54) is 0 Å². The van der Waals surface area contributed by atoms with Crippen molar-refractivity contribution in [1.82, 2.24) is 5.32 Å². The zero-order valence-electron chi connectivity index (χ0n) is 12.3. The van der Waals surface area contributed by atoms with E-state index in [1.54, 1.807) is 7.11 Å². The minimum absolute atomic E-state index is 0.0281. The Bertz CT molecular complexity index is 470. The number of nitrogens with one attached hydrogen (secondary N) is 1. The van der Waals surface area contributed by atoms with Crippen molar-refractivity contribution >= 4 is 11.4 Å². The molecule has 20 heavy (non-hydrogen) atoms. The molecular formula is C14H23N3O3. The summed E-state index contributed by atoms with van der Waals surface area (Å²) in [7, 11) is 3.44. The van der Waals surface area contributed by atoms with Crippen molar-refractivity contribution in [3.8, 4) is 11.5 Å². The summed E-state index contributed by atoms with van der Waals surface area (Å²) in [5.74, 6) is 1.31. The Labute approximate surface area is 119 Å². The average molecular weight is 281 g/mol. The molecule has 1 heterocycles. The van der Waals surface area contributed by atoms with Gasteiger partial charge in [-0.3, -0.25) is 5.32 Å². The molecule has 0 saturated heterocycles. The van der Waals surface area contributed by atoms with Crippen molar-refractivity contribution in [3.63, 3.8) is 0 Å². The monoisotopic (exact) mass is 281 g/mol. The van der Waals surface area contributed by atoms with Gasteiger partial charge in [0.1, 0.15) is 23.4 Å². The summed E-state index contributed by atoms with van der Waals surface area (Å²) in [5, 5.41) is 3.11. The minimum Gasteiger partial charge on any atom is -0.473 e. The second-order valence-corrected chi connectivity index (χ2v) is 4.78. The van der Waals surface area contributed by atoms with E-state index in [-0.39, 0.29) is 13.0 Å². The number of rotatable bonds is 5. The minimum atomic E-state index is -0.0281. The van der Waals surface area contributed by atoms with E-state index in [1.807, 2.05) is 7.05 Å². The molecule has 0 bridgehead atoms. The van der Waals surface area contributed by atoms with E-state index in [0.717, 1.165) is 30.4 Å². The van der Waals surface area contributed by atoms with Crippen molar-refractivity contribution in [2.45, 2.75) is 32.4 Å². The molecule has 1 atom stereocenters. The van der Waals surface area contributed by atoms with Crippen LogP contribution in [0.25, 0.3) is 0 Å². The predicted molar refractivity (Wildman–Crippen MR) is 78.9 cm³/mol. The molecule has 1 unspecified atom stereocenters. The molecule has 0 fully saturated rings. The van der Waals surface area contributed by atoms with Crippen LogP contribution in [-0.4, -0.2) is 27.2 Å². The molecule has 6 heteroatoms. The molecule has 0 spiro atoms. The van der Waals surface area contributed by atoms with Gasteiger partial charge in [0.15, 0.2) is 12.5 Å². The number of ether oxygens (including phenoxy) is 3. The normalized spacial score (nSPS) is 17.4. The van der Waals surface area contributed by atoms with Crippen molar-refractivity contribution in [1.29, 1.82) is 0 Å². The molecule has 0 aromatic heterocycles. The van der Waals surface area contributed by atoms with Gasteiger partial charge >= 0.3 is 0 Å². The Hall–Kier alpha value is -1.66. The molecule has 1 aliphatic rings. The van der Waals surface area contributed by atoms with Gasteiger partial charge in [0.2, 0.25) is 0 Å². The second kappa shape index (κ2) is 6.19. The third-order valence-electron chi connectivity index (χ3n) is 3.61. The number of hydrogen-bond donors (Lipinski definition) is 3. The zero-order valence-corrected chi connectivity index (χ0v) is 12.3. The molecule has 5 N–H and O–H groups in total. The van der Waals surface area contributed by atoms with Gasteiger partial charge in [-0.05, 0) is 19.9 Å². The molecule has 0 saturated carbocycles. The maximum Gasteiger partial charge on any atom is 0.188 e. The first kappa shape index (κ1) is 14.7.